The average molecular weight is 897 g/mol. The molecule has 6 heteroatoms. The fourth-order valence-electron chi connectivity index (χ4n) is 8.11. The Balaban J connectivity index is 0.000000402. The molecule has 0 bridgehead atoms. The summed E-state index contributed by atoms with van der Waals surface area (Å²) >= 11 is 0. The molecule has 2 aromatic rings. The Morgan fingerprint density at radius 3 is 0.766 bits per heavy atom. The molecule has 2 N–H and O–H groups in total. The molecule has 0 aliphatic heterocycles. The van der Waals surface area contributed by atoms with Crippen LogP contribution >= 0.6 is 0 Å². The van der Waals surface area contributed by atoms with Crippen molar-refractivity contribution in [3.05, 3.63) is 71.8 Å². The first-order chi connectivity index (χ1) is 29.1. The lowest BCUT2D eigenvalue weighted by Gasteiger charge is -2.40. The third-order valence-electron chi connectivity index (χ3n) is 14.5. The Morgan fingerprint density at radius 2 is 0.641 bits per heavy atom. The second-order valence-electron chi connectivity index (χ2n) is 25.5. The highest BCUT2D eigenvalue weighted by atomic mass is 16.5. The molecule has 0 heterocycles. The van der Waals surface area contributed by atoms with Crippen molar-refractivity contribution in [2.24, 2.45) is 43.3 Å². The number of hydrogen-bond donors (Lipinski definition) is 2. The molecule has 0 radical (unpaired) electrons. The van der Waals surface area contributed by atoms with Crippen molar-refractivity contribution in [3.8, 4) is 0 Å². The molecule has 0 aromatic heterocycles. The van der Waals surface area contributed by atoms with Gasteiger partial charge >= 0.3 is 0 Å². The molecule has 4 aliphatic carbocycles. The standard InChI is InChI=1S/2C16H26O.2C7H14O.2C6H12O/c2*1-15(2,3)14(16(4,5)6)17-12-13-10-8-7-9-11-13;2*1-6(8-3)7(2)4-5-7;2*1-5(7)6(2)3-4-6/h2*7-11,14H,12H2,1-6H3;2*6H,4-5H2,1-3H3;2*5,7H,3-4H2,1-2H3/t;;2*6-;2*5-/m..1010/s1. The molecule has 6 nitrogen and oxygen atoms in total. The van der Waals surface area contributed by atoms with Crippen molar-refractivity contribution in [2.45, 2.75) is 240 Å². The van der Waals surface area contributed by atoms with E-state index in [1.165, 1.54) is 62.5 Å². The van der Waals surface area contributed by atoms with Crippen molar-refractivity contribution < 1.29 is 29.2 Å². The van der Waals surface area contributed by atoms with E-state index in [4.69, 9.17) is 29.2 Å². The van der Waals surface area contributed by atoms with Gasteiger partial charge in [0.2, 0.25) is 0 Å². The minimum Gasteiger partial charge on any atom is -0.393 e. The van der Waals surface area contributed by atoms with Crippen LogP contribution in [-0.2, 0) is 32.2 Å². The summed E-state index contributed by atoms with van der Waals surface area (Å²) in [6.45, 7) is 45.1. The number of benzene rings is 2. The van der Waals surface area contributed by atoms with Gasteiger partial charge in [-0.25, -0.2) is 0 Å². The first-order valence-electron chi connectivity index (χ1n) is 24.8. The molecule has 4 fully saturated rings. The van der Waals surface area contributed by atoms with Crippen molar-refractivity contribution >= 4 is 0 Å². The topological polar surface area (TPSA) is 77.4 Å². The Kier molecular flexibility index (Phi) is 23.5. The molecule has 4 saturated carbocycles. The van der Waals surface area contributed by atoms with Crippen LogP contribution in [0.25, 0.3) is 0 Å². The van der Waals surface area contributed by atoms with E-state index in [2.05, 4.69) is 173 Å². The molecule has 0 spiro atoms. The Hall–Kier alpha value is -1.80. The van der Waals surface area contributed by atoms with Crippen molar-refractivity contribution in [3.63, 3.8) is 0 Å². The van der Waals surface area contributed by atoms with Crippen molar-refractivity contribution in [1.29, 1.82) is 0 Å². The van der Waals surface area contributed by atoms with Crippen LogP contribution in [0.2, 0.25) is 0 Å². The van der Waals surface area contributed by atoms with Crippen LogP contribution in [0.1, 0.15) is 201 Å². The smallest absolute Gasteiger partial charge is 0.0721 e. The maximum Gasteiger partial charge on any atom is 0.0721 e. The molecule has 0 amide bonds. The van der Waals surface area contributed by atoms with E-state index in [0.29, 0.717) is 47.1 Å². The molecule has 6 rings (SSSR count). The summed E-state index contributed by atoms with van der Waals surface area (Å²) in [6, 6.07) is 20.8. The lowest BCUT2D eigenvalue weighted by molar-refractivity contribution is -0.0903. The molecular formula is C58H104O6. The van der Waals surface area contributed by atoms with Crippen LogP contribution in [0.15, 0.2) is 60.7 Å². The second-order valence-corrected chi connectivity index (χ2v) is 25.5. The zero-order chi connectivity index (χ0) is 49.6. The van der Waals surface area contributed by atoms with Gasteiger partial charge in [-0.15, -0.1) is 0 Å². The number of rotatable bonds is 12. The summed E-state index contributed by atoms with van der Waals surface area (Å²) in [7, 11) is 3.57. The predicted molar refractivity (Wildman–Crippen MR) is 274 cm³/mol. The van der Waals surface area contributed by atoms with Gasteiger partial charge in [-0.05, 0) is 134 Å². The Labute approximate surface area is 396 Å². The van der Waals surface area contributed by atoms with Gasteiger partial charge in [0.05, 0.1) is 49.8 Å². The number of methoxy groups -OCH3 is 2. The summed E-state index contributed by atoms with van der Waals surface area (Å²) in [5, 5.41) is 17.9. The summed E-state index contributed by atoms with van der Waals surface area (Å²) < 4.78 is 22.7. The lowest BCUT2D eigenvalue weighted by Crippen LogP contribution is -2.40. The van der Waals surface area contributed by atoms with Gasteiger partial charge in [-0.1, -0.05) is 171 Å². The molecule has 0 unspecified atom stereocenters. The average Bonchev–Trinajstić information content (AvgIpc) is 3.98. The Bertz CT molecular complexity index is 1380. The molecule has 2 aromatic carbocycles. The molecule has 64 heavy (non-hydrogen) atoms. The van der Waals surface area contributed by atoms with Gasteiger partial charge in [-0.2, -0.15) is 0 Å². The first kappa shape index (κ1) is 60.2. The zero-order valence-electron chi connectivity index (χ0n) is 45.8. The largest absolute Gasteiger partial charge is 0.393 e. The van der Waals surface area contributed by atoms with E-state index in [9.17, 15) is 0 Å². The van der Waals surface area contributed by atoms with E-state index < -0.39 is 0 Å². The Morgan fingerprint density at radius 1 is 0.422 bits per heavy atom. The monoisotopic (exact) mass is 897 g/mol. The molecular weight excluding hydrogens is 793 g/mol. The van der Waals surface area contributed by atoms with Gasteiger partial charge in [0.25, 0.3) is 0 Å². The van der Waals surface area contributed by atoms with Crippen molar-refractivity contribution in [1.82, 2.24) is 0 Å². The molecule has 4 aliphatic rings. The zero-order valence-corrected chi connectivity index (χ0v) is 45.8. The van der Waals surface area contributed by atoms with E-state index in [1.807, 2.05) is 26.0 Å². The summed E-state index contributed by atoms with van der Waals surface area (Å²) in [5.41, 5.74) is 4.81. The minimum absolute atomic E-state index is 0.0903. The van der Waals surface area contributed by atoms with Crippen molar-refractivity contribution in [2.75, 3.05) is 14.2 Å². The quantitative estimate of drug-likeness (QED) is 0.221. The minimum atomic E-state index is -0.0903. The lowest BCUT2D eigenvalue weighted by atomic mass is 9.74. The summed E-state index contributed by atoms with van der Waals surface area (Å²) in [6.07, 6.45) is 11.5. The van der Waals surface area contributed by atoms with Crippen LogP contribution < -0.4 is 0 Å². The summed E-state index contributed by atoms with van der Waals surface area (Å²) in [5.74, 6) is 0. The normalized spacial score (nSPS) is 20.3. The highest BCUT2D eigenvalue weighted by Crippen LogP contribution is 2.50. The van der Waals surface area contributed by atoms with Gasteiger partial charge < -0.3 is 29.2 Å². The number of aliphatic hydroxyl groups is 2. The van der Waals surface area contributed by atoms with Gasteiger partial charge in [0.1, 0.15) is 0 Å². The van der Waals surface area contributed by atoms with E-state index in [0.717, 1.165) is 0 Å². The predicted octanol–water partition coefficient (Wildman–Crippen LogP) is 15.3. The van der Waals surface area contributed by atoms with Gasteiger partial charge in [-0.3, -0.25) is 0 Å². The van der Waals surface area contributed by atoms with Crippen LogP contribution in [0.4, 0.5) is 0 Å². The fourth-order valence-corrected chi connectivity index (χ4v) is 8.11. The highest BCUT2D eigenvalue weighted by molar-refractivity contribution is 5.14. The van der Waals surface area contributed by atoms with Gasteiger partial charge in [0, 0.05) is 14.2 Å². The van der Waals surface area contributed by atoms with Crippen LogP contribution in [0.3, 0.4) is 0 Å². The van der Waals surface area contributed by atoms with Crippen LogP contribution in [0, 0.1) is 43.3 Å². The second kappa shape index (κ2) is 25.0. The van der Waals surface area contributed by atoms with Crippen LogP contribution in [0.5, 0.6) is 0 Å². The molecule has 4 atom stereocenters. The fraction of sp³-hybridized carbons (Fsp3) is 0.793. The number of ether oxygens (including phenoxy) is 4. The maximum absolute atomic E-state index is 8.95. The first-order valence-corrected chi connectivity index (χ1v) is 24.8. The molecule has 0 saturated heterocycles. The third kappa shape index (κ3) is 22.8. The summed E-state index contributed by atoms with van der Waals surface area (Å²) in [4.78, 5) is 0. The molecule has 372 valence electrons. The third-order valence-corrected chi connectivity index (χ3v) is 14.5. The van der Waals surface area contributed by atoms with Crippen LogP contribution in [-0.4, -0.2) is 61.1 Å². The highest BCUT2D eigenvalue weighted by Gasteiger charge is 2.44. The van der Waals surface area contributed by atoms with Gasteiger partial charge in [0.15, 0.2) is 0 Å². The maximum atomic E-state index is 8.95. The van der Waals surface area contributed by atoms with E-state index in [1.54, 1.807) is 14.2 Å². The number of aliphatic hydroxyl groups excluding tert-OH is 2. The number of hydrogen-bond acceptors (Lipinski definition) is 6. The van der Waals surface area contributed by atoms with E-state index >= 15 is 0 Å². The van der Waals surface area contributed by atoms with E-state index in [-0.39, 0.29) is 46.1 Å². The SMILES string of the molecule is CC(C)(C)C(OCc1ccccc1)C(C)(C)C.CC(C)(C)C(OCc1ccccc1)C(C)(C)C.CO[C@@H](C)C1(C)CC1.CO[C@H](C)C1(C)CC1.C[C@@H](O)C1(C)CC1.C[C@H](O)C1(C)CC1.